The topological polar surface area (TPSA) is 137 Å². The van der Waals surface area contributed by atoms with E-state index >= 15 is 0 Å². The van der Waals surface area contributed by atoms with Gasteiger partial charge in [0, 0.05) is 30.0 Å². The van der Waals surface area contributed by atoms with Crippen molar-refractivity contribution < 1.29 is 18.7 Å². The van der Waals surface area contributed by atoms with E-state index in [1.807, 2.05) is 49.6 Å². The van der Waals surface area contributed by atoms with Crippen LogP contribution >= 0.6 is 11.3 Å². The second kappa shape index (κ2) is 11.0. The summed E-state index contributed by atoms with van der Waals surface area (Å²) < 4.78 is 11.2. The number of amides is 2. The molecule has 202 valence electrons. The van der Waals surface area contributed by atoms with E-state index in [0.29, 0.717) is 25.5 Å². The number of hydrogen-bond donors (Lipinski definition) is 1. The van der Waals surface area contributed by atoms with Gasteiger partial charge in [0.25, 0.3) is 17.7 Å². The molecule has 1 aliphatic heterocycles. The molecule has 4 heterocycles. The first-order chi connectivity index (χ1) is 18.7. The molecule has 11 heteroatoms. The highest BCUT2D eigenvalue weighted by molar-refractivity contribution is 7.09. The molecule has 0 radical (unpaired) electrons. The third kappa shape index (κ3) is 5.74. The Balaban J connectivity index is 1.43. The van der Waals surface area contributed by atoms with Crippen molar-refractivity contribution in [3.8, 4) is 11.6 Å². The second-order valence-electron chi connectivity index (χ2n) is 10.2. The van der Waals surface area contributed by atoms with Crippen molar-refractivity contribution in [1.29, 1.82) is 0 Å². The minimum Gasteiger partial charge on any atom is -0.419 e. The van der Waals surface area contributed by atoms with Gasteiger partial charge >= 0.3 is 0 Å². The van der Waals surface area contributed by atoms with Crippen LogP contribution in [0, 0.1) is 0 Å². The van der Waals surface area contributed by atoms with Crippen LogP contribution in [-0.2, 0) is 23.2 Å². The zero-order valence-corrected chi connectivity index (χ0v) is 22.9. The van der Waals surface area contributed by atoms with Crippen molar-refractivity contribution in [3.63, 3.8) is 0 Å². The number of carbonyl (C=O) groups excluding carboxylic acids is 2. The Hall–Kier alpha value is -3.96. The lowest BCUT2D eigenvalue weighted by atomic mass is 9.86. The summed E-state index contributed by atoms with van der Waals surface area (Å²) in [6.07, 6.45) is 2.34. The van der Waals surface area contributed by atoms with Gasteiger partial charge in [0.05, 0.1) is 18.3 Å². The molecule has 4 aromatic rings. The number of nitrogens with zero attached hydrogens (tertiary/aromatic N) is 5. The molecule has 0 spiro atoms. The predicted molar refractivity (Wildman–Crippen MR) is 145 cm³/mol. The summed E-state index contributed by atoms with van der Waals surface area (Å²) in [4.78, 5) is 36.6. The van der Waals surface area contributed by atoms with Gasteiger partial charge < -0.3 is 19.8 Å². The van der Waals surface area contributed by atoms with Gasteiger partial charge in [-0.3, -0.25) is 9.59 Å². The highest BCUT2D eigenvalue weighted by Crippen LogP contribution is 2.35. The van der Waals surface area contributed by atoms with Crippen LogP contribution in [0.4, 0.5) is 0 Å². The van der Waals surface area contributed by atoms with E-state index in [1.54, 1.807) is 18.1 Å². The molecular weight excluding hydrogens is 516 g/mol. The third-order valence-electron chi connectivity index (χ3n) is 6.70. The average molecular weight is 547 g/mol. The average Bonchev–Trinajstić information content (AvgIpc) is 3.69. The van der Waals surface area contributed by atoms with E-state index in [1.165, 1.54) is 17.4 Å². The number of pyridine rings is 1. The van der Waals surface area contributed by atoms with Crippen LogP contribution in [0.2, 0.25) is 0 Å². The smallest absolute Gasteiger partial charge is 0.267 e. The molecule has 1 fully saturated rings. The fraction of sp³-hybridized carbons (Fsp3) is 0.357. The van der Waals surface area contributed by atoms with Crippen LogP contribution in [0.25, 0.3) is 11.6 Å². The fourth-order valence-electron chi connectivity index (χ4n) is 4.79. The molecule has 1 aromatic carbocycles. The van der Waals surface area contributed by atoms with Crippen LogP contribution < -0.4 is 5.73 Å². The SMILES string of the molecule is COCc1csc(C2CCCN2C(=O)c2cc(C(N)=O)nc(-c3nnc(C(C)(C)Cc4ccccc4)o3)c2)n1. The van der Waals surface area contributed by atoms with E-state index in [2.05, 4.69) is 20.2 Å². The van der Waals surface area contributed by atoms with Crippen molar-refractivity contribution >= 4 is 23.2 Å². The summed E-state index contributed by atoms with van der Waals surface area (Å²) in [5.74, 6) is -0.449. The van der Waals surface area contributed by atoms with Gasteiger partial charge in [0.1, 0.15) is 16.4 Å². The Labute approximate surface area is 230 Å². The lowest BCUT2D eigenvalue weighted by Crippen LogP contribution is -2.31. The van der Waals surface area contributed by atoms with Crippen LogP contribution in [0.15, 0.2) is 52.3 Å². The van der Waals surface area contributed by atoms with E-state index < -0.39 is 11.3 Å². The highest BCUT2D eigenvalue weighted by Gasteiger charge is 2.34. The maximum atomic E-state index is 13.7. The van der Waals surface area contributed by atoms with Crippen LogP contribution in [0.1, 0.15) is 75.7 Å². The summed E-state index contributed by atoms with van der Waals surface area (Å²) in [5, 5.41) is 11.3. The van der Waals surface area contributed by atoms with Gasteiger partial charge in [0.15, 0.2) is 0 Å². The number of nitrogens with two attached hydrogens (primary N) is 1. The lowest BCUT2D eigenvalue weighted by molar-refractivity contribution is 0.0735. The number of primary amides is 1. The number of carbonyl (C=O) groups is 2. The molecule has 39 heavy (non-hydrogen) atoms. The minimum atomic E-state index is -0.753. The van der Waals surface area contributed by atoms with Crippen LogP contribution in [0.3, 0.4) is 0 Å². The highest BCUT2D eigenvalue weighted by atomic mass is 32.1. The number of hydrogen-bond acceptors (Lipinski definition) is 9. The van der Waals surface area contributed by atoms with Gasteiger partial charge in [-0.25, -0.2) is 9.97 Å². The molecule has 0 saturated carbocycles. The predicted octanol–water partition coefficient (Wildman–Crippen LogP) is 4.33. The van der Waals surface area contributed by atoms with E-state index in [0.717, 1.165) is 29.1 Å². The number of benzene rings is 1. The maximum absolute atomic E-state index is 13.7. The number of aromatic nitrogens is 4. The summed E-state index contributed by atoms with van der Waals surface area (Å²) >= 11 is 1.51. The normalized spacial score (nSPS) is 15.6. The zero-order chi connectivity index (χ0) is 27.6. The van der Waals surface area contributed by atoms with Crippen LogP contribution in [0.5, 0.6) is 0 Å². The third-order valence-corrected chi connectivity index (χ3v) is 7.69. The number of thiazole rings is 1. The van der Waals surface area contributed by atoms with Crippen LogP contribution in [-0.4, -0.2) is 50.5 Å². The molecule has 0 aliphatic carbocycles. The van der Waals surface area contributed by atoms with Gasteiger partial charge in [0.2, 0.25) is 5.89 Å². The molecule has 1 saturated heterocycles. The Bertz CT molecular complexity index is 1480. The fourth-order valence-corrected chi connectivity index (χ4v) is 5.74. The molecule has 0 bridgehead atoms. The first-order valence-corrected chi connectivity index (χ1v) is 13.6. The van der Waals surface area contributed by atoms with Crippen molar-refractivity contribution in [2.45, 2.75) is 51.2 Å². The molecule has 3 aromatic heterocycles. The molecule has 2 N–H and O–H groups in total. The standard InChI is InChI=1S/C28H30N6O4S/c1-28(2,14-17-8-5-4-6-9-17)27-33-32-24(38-27)21-13-18(12-20(31-21)23(29)35)26(36)34-11-7-10-22(34)25-30-19(15-37-3)16-39-25/h4-6,8-9,12-13,16,22H,7,10-11,14-15H2,1-3H3,(H2,29,35). The van der Waals surface area contributed by atoms with E-state index in [-0.39, 0.29) is 34.8 Å². The van der Waals surface area contributed by atoms with Gasteiger partial charge in [-0.05, 0) is 37.0 Å². The van der Waals surface area contributed by atoms with Crippen molar-refractivity contribution in [2.24, 2.45) is 5.73 Å². The summed E-state index contributed by atoms with van der Waals surface area (Å²) in [5.41, 5.74) is 7.54. The number of ether oxygens (including phenoxy) is 1. The molecule has 5 rings (SSSR count). The molecule has 2 amide bonds. The maximum Gasteiger partial charge on any atom is 0.267 e. The van der Waals surface area contributed by atoms with Crippen molar-refractivity contribution in [1.82, 2.24) is 25.1 Å². The van der Waals surface area contributed by atoms with E-state index in [9.17, 15) is 9.59 Å². The van der Waals surface area contributed by atoms with E-state index in [4.69, 9.17) is 14.9 Å². The van der Waals surface area contributed by atoms with Gasteiger partial charge in [-0.15, -0.1) is 21.5 Å². The summed E-state index contributed by atoms with van der Waals surface area (Å²) in [7, 11) is 1.62. The monoisotopic (exact) mass is 546 g/mol. The molecule has 1 aliphatic rings. The Morgan fingerprint density at radius 1 is 1.18 bits per heavy atom. The van der Waals surface area contributed by atoms with Gasteiger partial charge in [-0.2, -0.15) is 0 Å². The molecule has 1 atom stereocenters. The largest absolute Gasteiger partial charge is 0.419 e. The van der Waals surface area contributed by atoms with Crippen molar-refractivity contribution in [2.75, 3.05) is 13.7 Å². The minimum absolute atomic E-state index is 0.0495. The first-order valence-electron chi connectivity index (χ1n) is 12.7. The number of likely N-dealkylation sites (tertiary alicyclic amines) is 1. The Morgan fingerprint density at radius 3 is 2.72 bits per heavy atom. The molecule has 1 unspecified atom stereocenters. The Morgan fingerprint density at radius 2 is 1.97 bits per heavy atom. The Kier molecular flexibility index (Phi) is 7.53. The molecule has 10 nitrogen and oxygen atoms in total. The summed E-state index contributed by atoms with van der Waals surface area (Å²) in [6.45, 7) is 5.03. The van der Waals surface area contributed by atoms with Gasteiger partial charge in [-0.1, -0.05) is 44.2 Å². The second-order valence-corrected chi connectivity index (χ2v) is 11.1. The summed E-state index contributed by atoms with van der Waals surface area (Å²) in [6, 6.07) is 12.9. The lowest BCUT2D eigenvalue weighted by Gasteiger charge is -2.23. The quantitative estimate of drug-likeness (QED) is 0.327. The first kappa shape index (κ1) is 26.6. The molecular formula is C28H30N6O4S. The number of methoxy groups -OCH3 is 1. The number of rotatable bonds is 9. The van der Waals surface area contributed by atoms with Crippen molar-refractivity contribution in [3.05, 3.63) is 81.3 Å². The zero-order valence-electron chi connectivity index (χ0n) is 22.1.